The lowest BCUT2D eigenvalue weighted by atomic mass is 10.0. The van der Waals surface area contributed by atoms with E-state index in [0.717, 1.165) is 34.9 Å². The molecule has 0 aliphatic carbocycles. The number of hydrogen-bond donors (Lipinski definition) is 1. The molecule has 4 aromatic carbocycles. The number of piperidine rings is 1. The van der Waals surface area contributed by atoms with Crippen LogP contribution in [-0.4, -0.2) is 59.3 Å². The predicted molar refractivity (Wildman–Crippen MR) is 185 cm³/mol. The number of amides is 1. The second kappa shape index (κ2) is 14.1. The molecule has 244 valence electrons. The van der Waals surface area contributed by atoms with Crippen LogP contribution in [0.4, 0.5) is 5.88 Å². The molecule has 1 aliphatic rings. The summed E-state index contributed by atoms with van der Waals surface area (Å²) in [5.41, 5.74) is 3.54. The zero-order valence-electron chi connectivity index (χ0n) is 27.1. The summed E-state index contributed by atoms with van der Waals surface area (Å²) in [7, 11) is 1.62. The number of aromatic nitrogens is 3. The standard InChI is InChI=1S/C38H37N5O5/c1-25-35(26-11-5-3-6-12-26)42-48-37(25)41-36(44)30-14-9-13-27-21-28(15-16-29(27)30)47-38-31-22-33(45-2)34(23-32(31)39-24-40-38)46-20-10-19-43-17-7-4-8-18-43/h3,5-6,9,11-16,21-24H,4,7-8,10,17-20H2,1-2H3,(H,41,44). The molecule has 6 aromatic rings. The lowest BCUT2D eigenvalue weighted by Gasteiger charge is -2.26. The quantitative estimate of drug-likeness (QED) is 0.140. The molecule has 0 spiro atoms. The monoisotopic (exact) mass is 643 g/mol. The molecule has 1 aliphatic heterocycles. The minimum Gasteiger partial charge on any atom is -0.493 e. The van der Waals surface area contributed by atoms with Crippen molar-refractivity contribution in [3.8, 4) is 34.4 Å². The van der Waals surface area contributed by atoms with E-state index in [-0.39, 0.29) is 5.91 Å². The van der Waals surface area contributed by atoms with Gasteiger partial charge in [0.25, 0.3) is 5.91 Å². The Kier molecular flexibility index (Phi) is 9.15. The Balaban J connectivity index is 1.07. The van der Waals surface area contributed by atoms with Crippen molar-refractivity contribution in [2.75, 3.05) is 38.7 Å². The molecular weight excluding hydrogens is 606 g/mol. The molecule has 1 fully saturated rings. The molecule has 0 bridgehead atoms. The average molecular weight is 644 g/mol. The first-order chi connectivity index (χ1) is 23.6. The van der Waals surface area contributed by atoms with Crippen LogP contribution in [0.1, 0.15) is 41.6 Å². The summed E-state index contributed by atoms with van der Waals surface area (Å²) in [4.78, 5) is 24.8. The van der Waals surface area contributed by atoms with Crippen molar-refractivity contribution in [2.24, 2.45) is 0 Å². The number of fused-ring (bicyclic) bond motifs is 2. The van der Waals surface area contributed by atoms with Crippen LogP contribution in [0.25, 0.3) is 32.9 Å². The number of anilines is 1. The van der Waals surface area contributed by atoms with Crippen molar-refractivity contribution in [1.82, 2.24) is 20.0 Å². The molecular formula is C38H37N5O5. The highest BCUT2D eigenvalue weighted by atomic mass is 16.5. The lowest BCUT2D eigenvalue weighted by molar-refractivity contribution is 0.102. The average Bonchev–Trinajstić information content (AvgIpc) is 3.49. The summed E-state index contributed by atoms with van der Waals surface area (Å²) in [6.07, 6.45) is 6.31. The number of benzene rings is 4. The van der Waals surface area contributed by atoms with Crippen LogP contribution in [0.15, 0.2) is 89.7 Å². The van der Waals surface area contributed by atoms with E-state index in [1.807, 2.05) is 79.7 Å². The Labute approximate surface area is 278 Å². The lowest BCUT2D eigenvalue weighted by Crippen LogP contribution is -2.31. The second-order valence-electron chi connectivity index (χ2n) is 11.9. The molecule has 48 heavy (non-hydrogen) atoms. The Morgan fingerprint density at radius 1 is 0.917 bits per heavy atom. The minimum absolute atomic E-state index is 0.300. The van der Waals surface area contributed by atoms with E-state index in [9.17, 15) is 4.79 Å². The van der Waals surface area contributed by atoms with Crippen LogP contribution in [0.3, 0.4) is 0 Å². The van der Waals surface area contributed by atoms with Gasteiger partial charge in [-0.05, 0) is 80.4 Å². The third-order valence-electron chi connectivity index (χ3n) is 8.72. The third-order valence-corrected chi connectivity index (χ3v) is 8.72. The Morgan fingerprint density at radius 3 is 2.60 bits per heavy atom. The maximum atomic E-state index is 13.4. The number of methoxy groups -OCH3 is 1. The highest BCUT2D eigenvalue weighted by Crippen LogP contribution is 2.37. The van der Waals surface area contributed by atoms with Crippen LogP contribution in [0.5, 0.6) is 23.1 Å². The molecule has 2 aromatic heterocycles. The highest BCUT2D eigenvalue weighted by Gasteiger charge is 2.19. The first-order valence-electron chi connectivity index (χ1n) is 16.3. The van der Waals surface area contributed by atoms with E-state index in [2.05, 4.69) is 25.3 Å². The van der Waals surface area contributed by atoms with Crippen LogP contribution >= 0.6 is 0 Å². The van der Waals surface area contributed by atoms with Crippen molar-refractivity contribution in [2.45, 2.75) is 32.6 Å². The molecule has 0 atom stereocenters. The fourth-order valence-electron chi connectivity index (χ4n) is 6.17. The van der Waals surface area contributed by atoms with Gasteiger partial charge in [0.05, 0.1) is 24.6 Å². The zero-order valence-corrected chi connectivity index (χ0v) is 27.1. The number of nitrogens with zero attached hydrogens (tertiary/aromatic N) is 4. The van der Waals surface area contributed by atoms with Gasteiger partial charge < -0.3 is 23.6 Å². The van der Waals surface area contributed by atoms with Crippen molar-refractivity contribution >= 4 is 33.5 Å². The van der Waals surface area contributed by atoms with Gasteiger partial charge in [0, 0.05) is 29.3 Å². The molecule has 0 radical (unpaired) electrons. The number of nitrogens with one attached hydrogen (secondary N) is 1. The van der Waals surface area contributed by atoms with Crippen molar-refractivity contribution in [3.63, 3.8) is 0 Å². The Bertz CT molecular complexity index is 2060. The second-order valence-corrected chi connectivity index (χ2v) is 11.9. The van der Waals surface area contributed by atoms with E-state index in [0.29, 0.717) is 57.8 Å². The van der Waals surface area contributed by atoms with Crippen molar-refractivity contribution in [1.29, 1.82) is 0 Å². The van der Waals surface area contributed by atoms with E-state index in [1.54, 1.807) is 13.2 Å². The molecule has 10 nitrogen and oxygen atoms in total. The SMILES string of the molecule is COc1cc2c(Oc3ccc4c(C(=O)Nc5onc(-c6ccccc6)c5C)cccc4c3)ncnc2cc1OCCCN1CCCCC1. The molecule has 0 saturated carbocycles. The van der Waals surface area contributed by atoms with Gasteiger partial charge >= 0.3 is 0 Å². The number of carbonyl (C=O) groups excluding carboxylic acids is 1. The van der Waals surface area contributed by atoms with Gasteiger partial charge in [-0.1, -0.05) is 54.0 Å². The first-order valence-corrected chi connectivity index (χ1v) is 16.3. The topological polar surface area (TPSA) is 112 Å². The summed E-state index contributed by atoms with van der Waals surface area (Å²) < 4.78 is 23.6. The van der Waals surface area contributed by atoms with Crippen LogP contribution in [0, 0.1) is 6.92 Å². The predicted octanol–water partition coefficient (Wildman–Crippen LogP) is 8.05. The van der Waals surface area contributed by atoms with E-state index in [1.165, 1.54) is 38.7 Å². The summed E-state index contributed by atoms with van der Waals surface area (Å²) in [6, 6.07) is 24.5. The van der Waals surface area contributed by atoms with Gasteiger partial charge in [-0.2, -0.15) is 0 Å². The largest absolute Gasteiger partial charge is 0.493 e. The van der Waals surface area contributed by atoms with Gasteiger partial charge in [-0.15, -0.1) is 0 Å². The first kappa shape index (κ1) is 31.1. The summed E-state index contributed by atoms with van der Waals surface area (Å²) in [5.74, 6) is 2.20. The molecule has 3 heterocycles. The summed E-state index contributed by atoms with van der Waals surface area (Å²) >= 11 is 0. The van der Waals surface area contributed by atoms with Crippen LogP contribution < -0.4 is 19.5 Å². The fraction of sp³-hybridized carbons (Fsp3) is 0.263. The highest BCUT2D eigenvalue weighted by molar-refractivity contribution is 6.13. The number of likely N-dealkylation sites (tertiary alicyclic amines) is 1. The van der Waals surface area contributed by atoms with Gasteiger partial charge in [-0.3, -0.25) is 10.1 Å². The number of ether oxygens (including phenoxy) is 3. The molecule has 10 heteroatoms. The Morgan fingerprint density at radius 2 is 1.77 bits per heavy atom. The molecule has 0 unspecified atom stereocenters. The fourth-order valence-corrected chi connectivity index (χ4v) is 6.17. The number of rotatable bonds is 11. The van der Waals surface area contributed by atoms with Gasteiger partial charge in [0.15, 0.2) is 11.5 Å². The molecule has 7 rings (SSSR count). The van der Waals surface area contributed by atoms with Crippen LogP contribution in [-0.2, 0) is 0 Å². The summed E-state index contributed by atoms with van der Waals surface area (Å²) in [5, 5.41) is 9.36. The van der Waals surface area contributed by atoms with E-state index >= 15 is 0 Å². The molecule has 1 N–H and O–H groups in total. The van der Waals surface area contributed by atoms with Gasteiger partial charge in [-0.25, -0.2) is 9.97 Å². The Hall–Kier alpha value is -5.48. The molecule has 1 saturated heterocycles. The minimum atomic E-state index is -0.300. The van der Waals surface area contributed by atoms with E-state index in [4.69, 9.17) is 18.7 Å². The summed E-state index contributed by atoms with van der Waals surface area (Å²) in [6.45, 7) is 5.85. The van der Waals surface area contributed by atoms with Crippen molar-refractivity contribution < 1.29 is 23.5 Å². The van der Waals surface area contributed by atoms with Crippen molar-refractivity contribution in [3.05, 3.63) is 96.3 Å². The number of hydrogen-bond acceptors (Lipinski definition) is 9. The van der Waals surface area contributed by atoms with Gasteiger partial charge in [0.2, 0.25) is 11.8 Å². The zero-order chi connectivity index (χ0) is 32.9. The van der Waals surface area contributed by atoms with Crippen LogP contribution in [0.2, 0.25) is 0 Å². The molecule has 1 amide bonds. The maximum Gasteiger partial charge on any atom is 0.258 e. The number of carbonyl (C=O) groups is 1. The third kappa shape index (κ3) is 6.65. The normalized spacial score (nSPS) is 13.5. The van der Waals surface area contributed by atoms with E-state index < -0.39 is 0 Å². The maximum absolute atomic E-state index is 13.4. The smallest absolute Gasteiger partial charge is 0.258 e. The van der Waals surface area contributed by atoms with Gasteiger partial charge in [0.1, 0.15) is 17.8 Å².